The molecule has 1 fully saturated rings. The van der Waals surface area contributed by atoms with Crippen LogP contribution in [0.5, 0.6) is 5.75 Å². The van der Waals surface area contributed by atoms with Crippen molar-refractivity contribution in [3.05, 3.63) is 29.8 Å². The van der Waals surface area contributed by atoms with Gasteiger partial charge in [-0.15, -0.1) is 0 Å². The average Bonchev–Trinajstić information content (AvgIpc) is 2.65. The minimum Gasteiger partial charge on any atom is -0.497 e. The lowest BCUT2D eigenvalue weighted by atomic mass is 10.0. The van der Waals surface area contributed by atoms with Crippen molar-refractivity contribution in [2.75, 3.05) is 13.7 Å². The van der Waals surface area contributed by atoms with Crippen LogP contribution in [0.4, 0.5) is 0 Å². The van der Waals surface area contributed by atoms with Gasteiger partial charge in [0.25, 0.3) is 0 Å². The van der Waals surface area contributed by atoms with Gasteiger partial charge in [0.05, 0.1) is 7.11 Å². The van der Waals surface area contributed by atoms with Gasteiger partial charge in [0.1, 0.15) is 11.5 Å². The van der Waals surface area contributed by atoms with Crippen LogP contribution in [0.3, 0.4) is 0 Å². The number of Topliss-reactive ketones (excluding diaryl/α,β-unsaturated/α-hetero) is 1. The SMILES string of the molecule is COc1ccc(CN2CCCCCC2CC(C)=O)cc1. The molecule has 0 saturated carbocycles. The third kappa shape index (κ3) is 4.34. The molecule has 3 heteroatoms. The highest BCUT2D eigenvalue weighted by molar-refractivity contribution is 5.76. The van der Waals surface area contributed by atoms with Crippen LogP contribution in [0.25, 0.3) is 0 Å². The normalized spacial score (nSPS) is 20.4. The van der Waals surface area contributed by atoms with Crippen LogP contribution in [0.15, 0.2) is 24.3 Å². The molecule has 0 radical (unpaired) electrons. The first-order chi connectivity index (χ1) is 9.69. The molecule has 20 heavy (non-hydrogen) atoms. The van der Waals surface area contributed by atoms with Gasteiger partial charge in [0, 0.05) is 19.0 Å². The van der Waals surface area contributed by atoms with E-state index >= 15 is 0 Å². The quantitative estimate of drug-likeness (QED) is 0.824. The Balaban J connectivity index is 2.03. The van der Waals surface area contributed by atoms with Gasteiger partial charge in [-0.05, 0) is 44.0 Å². The van der Waals surface area contributed by atoms with Gasteiger partial charge >= 0.3 is 0 Å². The van der Waals surface area contributed by atoms with Crippen molar-refractivity contribution in [1.29, 1.82) is 0 Å². The fourth-order valence-corrected chi connectivity index (χ4v) is 2.97. The summed E-state index contributed by atoms with van der Waals surface area (Å²) in [6.07, 6.45) is 5.61. The standard InChI is InChI=1S/C17H25NO2/c1-14(19)12-16-6-4-3-5-11-18(16)13-15-7-9-17(20-2)10-8-15/h7-10,16H,3-6,11-13H2,1-2H3. The molecule has 0 aromatic heterocycles. The van der Waals surface area contributed by atoms with Gasteiger partial charge in [-0.3, -0.25) is 9.69 Å². The Morgan fingerprint density at radius 2 is 2.00 bits per heavy atom. The third-order valence-electron chi connectivity index (χ3n) is 4.07. The Bertz CT molecular complexity index is 427. The molecule has 1 saturated heterocycles. The van der Waals surface area contributed by atoms with Crippen molar-refractivity contribution in [2.45, 2.75) is 51.6 Å². The number of methoxy groups -OCH3 is 1. The first-order valence-electron chi connectivity index (χ1n) is 7.55. The van der Waals surface area contributed by atoms with E-state index in [0.717, 1.165) is 25.3 Å². The molecule has 0 N–H and O–H groups in total. The van der Waals surface area contributed by atoms with E-state index in [0.29, 0.717) is 18.2 Å². The second-order valence-electron chi connectivity index (χ2n) is 5.73. The number of hydrogen-bond acceptors (Lipinski definition) is 3. The summed E-state index contributed by atoms with van der Waals surface area (Å²) >= 11 is 0. The third-order valence-corrected chi connectivity index (χ3v) is 4.07. The number of carbonyl (C=O) groups excluding carboxylic acids is 1. The van der Waals surface area contributed by atoms with Crippen molar-refractivity contribution >= 4 is 5.78 Å². The molecule has 1 unspecified atom stereocenters. The topological polar surface area (TPSA) is 29.5 Å². The first-order valence-corrected chi connectivity index (χ1v) is 7.55. The molecule has 0 spiro atoms. The Morgan fingerprint density at radius 3 is 2.65 bits per heavy atom. The van der Waals surface area contributed by atoms with Crippen LogP contribution in [0, 0.1) is 0 Å². The van der Waals surface area contributed by atoms with Crippen molar-refractivity contribution in [3.63, 3.8) is 0 Å². The number of ether oxygens (including phenoxy) is 1. The average molecular weight is 275 g/mol. The molecular weight excluding hydrogens is 250 g/mol. The Morgan fingerprint density at radius 1 is 1.25 bits per heavy atom. The largest absolute Gasteiger partial charge is 0.497 e. The Hall–Kier alpha value is -1.35. The zero-order chi connectivity index (χ0) is 14.4. The maximum Gasteiger partial charge on any atom is 0.131 e. The van der Waals surface area contributed by atoms with E-state index in [1.807, 2.05) is 12.1 Å². The molecule has 1 aromatic rings. The summed E-state index contributed by atoms with van der Waals surface area (Å²) in [6.45, 7) is 3.74. The predicted octanol–water partition coefficient (Wildman–Crippen LogP) is 3.42. The van der Waals surface area contributed by atoms with Gasteiger partial charge in [0.15, 0.2) is 0 Å². The van der Waals surface area contributed by atoms with Gasteiger partial charge in [-0.25, -0.2) is 0 Å². The van der Waals surface area contributed by atoms with Crippen LogP contribution in [0.1, 0.15) is 44.6 Å². The molecule has 1 aliphatic heterocycles. The van der Waals surface area contributed by atoms with Crippen LogP contribution in [-0.4, -0.2) is 30.4 Å². The highest BCUT2D eigenvalue weighted by Crippen LogP contribution is 2.22. The summed E-state index contributed by atoms with van der Waals surface area (Å²) in [4.78, 5) is 13.9. The Kier molecular flexibility index (Phi) is 5.60. The highest BCUT2D eigenvalue weighted by atomic mass is 16.5. The molecule has 3 nitrogen and oxygen atoms in total. The van der Waals surface area contributed by atoms with E-state index in [4.69, 9.17) is 4.74 Å². The maximum absolute atomic E-state index is 11.5. The smallest absolute Gasteiger partial charge is 0.131 e. The van der Waals surface area contributed by atoms with Gasteiger partial charge in [0.2, 0.25) is 0 Å². The number of carbonyl (C=O) groups is 1. The monoisotopic (exact) mass is 275 g/mol. The molecule has 1 aliphatic rings. The van der Waals surface area contributed by atoms with Crippen molar-refractivity contribution in [3.8, 4) is 5.75 Å². The predicted molar refractivity (Wildman–Crippen MR) is 81.0 cm³/mol. The fraction of sp³-hybridized carbons (Fsp3) is 0.588. The van der Waals surface area contributed by atoms with E-state index in [-0.39, 0.29) is 0 Å². The van der Waals surface area contributed by atoms with Crippen molar-refractivity contribution in [2.24, 2.45) is 0 Å². The summed E-state index contributed by atoms with van der Waals surface area (Å²) in [6, 6.07) is 8.67. The molecule has 0 amide bonds. The summed E-state index contributed by atoms with van der Waals surface area (Å²) in [5.74, 6) is 1.20. The molecule has 2 rings (SSSR count). The number of nitrogens with zero attached hydrogens (tertiary/aromatic N) is 1. The summed E-state index contributed by atoms with van der Waals surface area (Å²) in [7, 11) is 1.69. The van der Waals surface area contributed by atoms with Crippen LogP contribution in [0.2, 0.25) is 0 Å². The Labute approximate surface area is 121 Å². The molecule has 0 aliphatic carbocycles. The van der Waals surface area contributed by atoms with E-state index in [9.17, 15) is 4.79 Å². The van der Waals surface area contributed by atoms with Gasteiger partial charge in [-0.1, -0.05) is 25.0 Å². The van der Waals surface area contributed by atoms with E-state index in [1.165, 1.54) is 24.8 Å². The minimum absolute atomic E-state index is 0.302. The lowest BCUT2D eigenvalue weighted by Crippen LogP contribution is -2.35. The number of ketones is 1. The summed E-state index contributed by atoms with van der Waals surface area (Å²) in [5, 5.41) is 0. The number of rotatable bonds is 5. The van der Waals surface area contributed by atoms with Crippen molar-refractivity contribution in [1.82, 2.24) is 4.90 Å². The molecule has 1 heterocycles. The second-order valence-corrected chi connectivity index (χ2v) is 5.73. The number of benzene rings is 1. The maximum atomic E-state index is 11.5. The van der Waals surface area contributed by atoms with Crippen LogP contribution in [-0.2, 0) is 11.3 Å². The lowest BCUT2D eigenvalue weighted by Gasteiger charge is -2.29. The van der Waals surface area contributed by atoms with Gasteiger partial charge in [-0.2, -0.15) is 0 Å². The molecular formula is C17H25NO2. The van der Waals surface area contributed by atoms with E-state index in [2.05, 4.69) is 17.0 Å². The zero-order valence-corrected chi connectivity index (χ0v) is 12.6. The molecule has 110 valence electrons. The zero-order valence-electron chi connectivity index (χ0n) is 12.6. The van der Waals surface area contributed by atoms with Crippen LogP contribution >= 0.6 is 0 Å². The fourth-order valence-electron chi connectivity index (χ4n) is 2.97. The lowest BCUT2D eigenvalue weighted by molar-refractivity contribution is -0.118. The number of hydrogen-bond donors (Lipinski definition) is 0. The van der Waals surface area contributed by atoms with Gasteiger partial charge < -0.3 is 4.74 Å². The van der Waals surface area contributed by atoms with Crippen LogP contribution < -0.4 is 4.74 Å². The molecule has 0 bridgehead atoms. The first kappa shape index (κ1) is 15.0. The minimum atomic E-state index is 0.302. The van der Waals surface area contributed by atoms with E-state index < -0.39 is 0 Å². The van der Waals surface area contributed by atoms with Crippen molar-refractivity contribution < 1.29 is 9.53 Å². The summed E-state index contributed by atoms with van der Waals surface area (Å²) in [5.41, 5.74) is 1.29. The molecule has 1 atom stereocenters. The summed E-state index contributed by atoms with van der Waals surface area (Å²) < 4.78 is 5.19. The second kappa shape index (κ2) is 7.44. The molecule has 1 aromatic carbocycles. The highest BCUT2D eigenvalue weighted by Gasteiger charge is 2.22. The number of likely N-dealkylation sites (tertiary alicyclic amines) is 1. The van der Waals surface area contributed by atoms with E-state index in [1.54, 1.807) is 14.0 Å².